The van der Waals surface area contributed by atoms with Crippen LogP contribution >= 0.6 is 0 Å². The highest BCUT2D eigenvalue weighted by Gasteiger charge is 2.13. The Labute approximate surface area is 192 Å². The molecule has 0 aliphatic heterocycles. The van der Waals surface area contributed by atoms with Gasteiger partial charge in [0, 0.05) is 5.56 Å². The van der Waals surface area contributed by atoms with Crippen molar-refractivity contribution in [3.63, 3.8) is 0 Å². The molecule has 0 bridgehead atoms. The van der Waals surface area contributed by atoms with Crippen molar-refractivity contribution in [3.8, 4) is 17.2 Å². The van der Waals surface area contributed by atoms with E-state index in [1.807, 2.05) is 13.0 Å². The largest absolute Gasteiger partial charge is 0.490 e. The number of benzene rings is 3. The first-order valence-electron chi connectivity index (χ1n) is 10.3. The minimum atomic E-state index is -0.480. The maximum atomic E-state index is 12.3. The molecule has 0 atom stereocenters. The fraction of sp³-hybridized carbons (Fsp3) is 0.115. The Morgan fingerprint density at radius 2 is 1.70 bits per heavy atom. The predicted molar refractivity (Wildman–Crippen MR) is 126 cm³/mol. The summed E-state index contributed by atoms with van der Waals surface area (Å²) in [4.78, 5) is 24.6. The van der Waals surface area contributed by atoms with Gasteiger partial charge in [-0.05, 0) is 67.1 Å². The summed E-state index contributed by atoms with van der Waals surface area (Å²) in [5.74, 6) is 0.496. The van der Waals surface area contributed by atoms with Gasteiger partial charge >= 0.3 is 5.97 Å². The summed E-state index contributed by atoms with van der Waals surface area (Å²) in [6.07, 6.45) is 3.12. The van der Waals surface area contributed by atoms with Gasteiger partial charge in [-0.1, -0.05) is 30.9 Å². The molecule has 7 nitrogen and oxygen atoms in total. The molecule has 7 heteroatoms. The maximum Gasteiger partial charge on any atom is 0.343 e. The second-order valence-electron chi connectivity index (χ2n) is 6.72. The van der Waals surface area contributed by atoms with Crippen LogP contribution in [0.3, 0.4) is 0 Å². The van der Waals surface area contributed by atoms with Gasteiger partial charge in [-0.15, -0.1) is 0 Å². The van der Waals surface area contributed by atoms with E-state index in [0.29, 0.717) is 47.2 Å². The minimum absolute atomic E-state index is 0.297. The molecule has 0 spiro atoms. The minimum Gasteiger partial charge on any atom is -0.490 e. The normalized spacial score (nSPS) is 10.5. The van der Waals surface area contributed by atoms with Crippen LogP contribution in [0.15, 0.2) is 90.6 Å². The van der Waals surface area contributed by atoms with Gasteiger partial charge in [-0.3, -0.25) is 4.79 Å². The Bertz CT molecular complexity index is 1130. The molecule has 0 radical (unpaired) electrons. The summed E-state index contributed by atoms with van der Waals surface area (Å²) in [6.45, 7) is 6.20. The number of amides is 1. The first-order chi connectivity index (χ1) is 16.1. The highest BCUT2D eigenvalue weighted by atomic mass is 16.6. The van der Waals surface area contributed by atoms with Crippen LogP contribution in [0, 0.1) is 0 Å². The van der Waals surface area contributed by atoms with Gasteiger partial charge in [0.1, 0.15) is 12.4 Å². The number of esters is 1. The van der Waals surface area contributed by atoms with Gasteiger partial charge in [-0.25, -0.2) is 10.2 Å². The number of carbonyl (C=O) groups is 2. The summed E-state index contributed by atoms with van der Waals surface area (Å²) in [5, 5.41) is 4.00. The van der Waals surface area contributed by atoms with Crippen LogP contribution in [-0.4, -0.2) is 31.3 Å². The van der Waals surface area contributed by atoms with E-state index in [1.165, 1.54) is 6.21 Å². The van der Waals surface area contributed by atoms with E-state index in [9.17, 15) is 9.59 Å². The first-order valence-corrected chi connectivity index (χ1v) is 10.3. The number of nitrogens with zero attached hydrogens (tertiary/aromatic N) is 1. The number of carbonyl (C=O) groups excluding carboxylic acids is 2. The summed E-state index contributed by atoms with van der Waals surface area (Å²) in [5.41, 5.74) is 4.02. The molecule has 0 aromatic heterocycles. The van der Waals surface area contributed by atoms with Crippen molar-refractivity contribution in [2.24, 2.45) is 5.10 Å². The monoisotopic (exact) mass is 444 g/mol. The number of hydrogen-bond donors (Lipinski definition) is 1. The van der Waals surface area contributed by atoms with Crippen molar-refractivity contribution >= 4 is 18.1 Å². The molecule has 0 saturated carbocycles. The molecule has 3 aromatic rings. The number of nitrogens with one attached hydrogen (secondary N) is 1. The molecule has 0 heterocycles. The molecule has 1 amide bonds. The van der Waals surface area contributed by atoms with Gasteiger partial charge in [0.2, 0.25) is 0 Å². The average molecular weight is 444 g/mol. The SMILES string of the molecule is C=CCOc1ccc(C(=O)NN=Cc2ccc(OC(=O)c3ccccc3)c(OCC)c2)cc1. The molecule has 33 heavy (non-hydrogen) atoms. The average Bonchev–Trinajstić information content (AvgIpc) is 2.85. The van der Waals surface area contributed by atoms with Crippen molar-refractivity contribution in [3.05, 3.63) is 102 Å². The van der Waals surface area contributed by atoms with E-state index in [4.69, 9.17) is 14.2 Å². The van der Waals surface area contributed by atoms with E-state index >= 15 is 0 Å². The zero-order valence-corrected chi connectivity index (χ0v) is 18.2. The third-order valence-electron chi connectivity index (χ3n) is 4.34. The molecule has 0 unspecified atom stereocenters. The fourth-order valence-electron chi connectivity index (χ4n) is 2.78. The van der Waals surface area contributed by atoms with E-state index in [2.05, 4.69) is 17.1 Å². The van der Waals surface area contributed by atoms with Crippen LogP contribution in [0.1, 0.15) is 33.2 Å². The fourth-order valence-corrected chi connectivity index (χ4v) is 2.78. The topological polar surface area (TPSA) is 86.2 Å². The van der Waals surface area contributed by atoms with E-state index < -0.39 is 5.97 Å². The van der Waals surface area contributed by atoms with Crippen LogP contribution in [0.4, 0.5) is 0 Å². The lowest BCUT2D eigenvalue weighted by molar-refractivity contribution is 0.0728. The third-order valence-corrected chi connectivity index (χ3v) is 4.34. The predicted octanol–water partition coefficient (Wildman–Crippen LogP) is 4.63. The molecular weight excluding hydrogens is 420 g/mol. The quantitative estimate of drug-likeness (QED) is 0.162. The van der Waals surface area contributed by atoms with Crippen LogP contribution < -0.4 is 19.6 Å². The van der Waals surface area contributed by atoms with E-state index in [-0.39, 0.29) is 5.91 Å². The van der Waals surface area contributed by atoms with Gasteiger partial charge in [0.15, 0.2) is 11.5 Å². The Balaban J connectivity index is 1.64. The van der Waals surface area contributed by atoms with Gasteiger partial charge in [0.05, 0.1) is 18.4 Å². The Kier molecular flexibility index (Phi) is 8.36. The van der Waals surface area contributed by atoms with Crippen LogP contribution in [-0.2, 0) is 0 Å². The Morgan fingerprint density at radius 3 is 2.39 bits per heavy atom. The zero-order chi connectivity index (χ0) is 23.5. The molecule has 0 aliphatic rings. The van der Waals surface area contributed by atoms with Crippen molar-refractivity contribution in [1.82, 2.24) is 5.43 Å². The first kappa shape index (κ1) is 23.3. The lowest BCUT2D eigenvalue weighted by Gasteiger charge is -2.11. The van der Waals surface area contributed by atoms with E-state index in [1.54, 1.807) is 72.8 Å². The maximum absolute atomic E-state index is 12.3. The summed E-state index contributed by atoms with van der Waals surface area (Å²) in [7, 11) is 0. The second-order valence-corrected chi connectivity index (χ2v) is 6.72. The highest BCUT2D eigenvalue weighted by Crippen LogP contribution is 2.29. The summed E-state index contributed by atoms with van der Waals surface area (Å²) >= 11 is 0. The zero-order valence-electron chi connectivity index (χ0n) is 18.2. The molecule has 3 aromatic carbocycles. The number of hydrogen-bond acceptors (Lipinski definition) is 6. The van der Waals surface area contributed by atoms with Gasteiger partial charge < -0.3 is 14.2 Å². The van der Waals surface area contributed by atoms with Crippen LogP contribution in [0.25, 0.3) is 0 Å². The van der Waals surface area contributed by atoms with Crippen molar-refractivity contribution in [1.29, 1.82) is 0 Å². The van der Waals surface area contributed by atoms with Crippen molar-refractivity contribution in [2.45, 2.75) is 6.92 Å². The summed E-state index contributed by atoms with van der Waals surface area (Å²) < 4.78 is 16.5. The molecule has 3 rings (SSSR count). The smallest absolute Gasteiger partial charge is 0.343 e. The van der Waals surface area contributed by atoms with Crippen LogP contribution in [0.2, 0.25) is 0 Å². The van der Waals surface area contributed by atoms with E-state index in [0.717, 1.165) is 0 Å². The second kappa shape index (κ2) is 11.9. The lowest BCUT2D eigenvalue weighted by atomic mass is 10.2. The molecular formula is C26H24N2O5. The van der Waals surface area contributed by atoms with Crippen molar-refractivity contribution < 1.29 is 23.8 Å². The number of hydrazone groups is 1. The highest BCUT2D eigenvalue weighted by molar-refractivity contribution is 5.95. The number of ether oxygens (including phenoxy) is 3. The van der Waals surface area contributed by atoms with Gasteiger partial charge in [0.25, 0.3) is 5.91 Å². The lowest BCUT2D eigenvalue weighted by Crippen LogP contribution is -2.17. The molecule has 0 saturated heterocycles. The molecule has 0 aliphatic carbocycles. The Morgan fingerprint density at radius 1 is 0.939 bits per heavy atom. The molecule has 0 fully saturated rings. The Hall–Kier alpha value is -4.39. The standard InChI is InChI=1S/C26H24N2O5/c1-3-16-32-22-13-11-20(12-14-22)25(29)28-27-18-19-10-15-23(24(17-19)31-4-2)33-26(30)21-8-6-5-7-9-21/h3,5-15,17-18H,1,4,16H2,2H3,(H,28,29). The molecule has 1 N–H and O–H groups in total. The molecule has 168 valence electrons. The van der Waals surface area contributed by atoms with Crippen LogP contribution in [0.5, 0.6) is 17.2 Å². The third kappa shape index (κ3) is 6.80. The number of rotatable bonds is 10. The summed E-state index contributed by atoms with van der Waals surface area (Å²) in [6, 6.07) is 20.4. The van der Waals surface area contributed by atoms with Gasteiger partial charge in [-0.2, -0.15) is 5.10 Å². The van der Waals surface area contributed by atoms with Crippen molar-refractivity contribution in [2.75, 3.05) is 13.2 Å².